The number of aliphatic hydroxyl groups excluding tert-OH is 1. The molecule has 0 aliphatic rings. The molecule has 0 spiro atoms. The second-order valence-corrected chi connectivity index (χ2v) is 3.79. The van der Waals surface area contributed by atoms with Crippen LogP contribution in [0.4, 0.5) is 0 Å². The Morgan fingerprint density at radius 3 is 2.27 bits per heavy atom. The summed E-state index contributed by atoms with van der Waals surface area (Å²) >= 11 is 0. The first-order chi connectivity index (χ1) is 4.83. The highest BCUT2D eigenvalue weighted by Crippen LogP contribution is 2.09. The van der Waals surface area contributed by atoms with Crippen LogP contribution in [0.1, 0.15) is 27.7 Å². The van der Waals surface area contributed by atoms with Crippen molar-refractivity contribution in [2.45, 2.75) is 39.4 Å². The molecule has 0 bridgehead atoms. The van der Waals surface area contributed by atoms with Gasteiger partial charge < -0.3 is 9.84 Å². The van der Waals surface area contributed by atoms with E-state index in [2.05, 4.69) is 6.58 Å². The van der Waals surface area contributed by atoms with Gasteiger partial charge in [-0.15, -0.1) is 0 Å². The maximum atomic E-state index is 9.27. The molecule has 0 rings (SSSR count). The highest BCUT2D eigenvalue weighted by atomic mass is 16.5. The van der Waals surface area contributed by atoms with E-state index in [4.69, 9.17) is 4.74 Å². The largest absolute Gasteiger partial charge is 0.386 e. The van der Waals surface area contributed by atoms with Crippen molar-refractivity contribution in [2.75, 3.05) is 6.61 Å². The van der Waals surface area contributed by atoms with E-state index >= 15 is 0 Å². The third kappa shape index (κ3) is 6.07. The molecule has 2 heteroatoms. The number of hydrogen-bond acceptors (Lipinski definition) is 2. The van der Waals surface area contributed by atoms with Crippen molar-refractivity contribution in [3.63, 3.8) is 0 Å². The van der Waals surface area contributed by atoms with Crippen LogP contribution in [0, 0.1) is 0 Å². The number of rotatable bonds is 3. The van der Waals surface area contributed by atoms with E-state index in [1.165, 1.54) is 0 Å². The average molecular weight is 158 g/mol. The Labute approximate surface area is 68.9 Å². The van der Waals surface area contributed by atoms with Crippen LogP contribution in [0.25, 0.3) is 0 Å². The minimum Gasteiger partial charge on any atom is -0.386 e. The average Bonchev–Trinajstić information content (AvgIpc) is 1.80. The second-order valence-electron chi connectivity index (χ2n) is 3.79. The van der Waals surface area contributed by atoms with E-state index in [1.54, 1.807) is 6.92 Å². The lowest BCUT2D eigenvalue weighted by molar-refractivity contribution is -0.0391. The Hall–Kier alpha value is -0.340. The lowest BCUT2D eigenvalue weighted by atomic mass is 10.1. The highest BCUT2D eigenvalue weighted by Gasteiger charge is 2.13. The number of aliphatic hydroxyl groups is 1. The van der Waals surface area contributed by atoms with Gasteiger partial charge in [-0.1, -0.05) is 6.58 Å². The summed E-state index contributed by atoms with van der Waals surface area (Å²) in [6.45, 7) is 11.6. The van der Waals surface area contributed by atoms with E-state index in [0.29, 0.717) is 6.61 Å². The minimum atomic E-state index is -0.533. The standard InChI is InChI=1S/C9H18O2/c1-7(2)8(10)6-11-9(3,4)5/h8,10H,1,6H2,2-5H3. The Morgan fingerprint density at radius 1 is 1.55 bits per heavy atom. The van der Waals surface area contributed by atoms with Gasteiger partial charge in [0.15, 0.2) is 0 Å². The molecule has 1 unspecified atom stereocenters. The molecule has 2 nitrogen and oxygen atoms in total. The van der Waals surface area contributed by atoms with Gasteiger partial charge in [0.25, 0.3) is 0 Å². The fraction of sp³-hybridized carbons (Fsp3) is 0.778. The number of ether oxygens (including phenoxy) is 1. The Morgan fingerprint density at radius 2 is 2.00 bits per heavy atom. The molecule has 0 saturated carbocycles. The van der Waals surface area contributed by atoms with Crippen LogP contribution in [-0.4, -0.2) is 23.4 Å². The second kappa shape index (κ2) is 3.88. The van der Waals surface area contributed by atoms with E-state index in [0.717, 1.165) is 5.57 Å². The summed E-state index contributed by atoms with van der Waals surface area (Å²) in [5.74, 6) is 0. The maximum absolute atomic E-state index is 9.27. The van der Waals surface area contributed by atoms with Crippen LogP contribution in [0.5, 0.6) is 0 Å². The SMILES string of the molecule is C=C(C)C(O)COC(C)(C)C. The van der Waals surface area contributed by atoms with Gasteiger partial charge in [-0.2, -0.15) is 0 Å². The van der Waals surface area contributed by atoms with Gasteiger partial charge in [-0.25, -0.2) is 0 Å². The van der Waals surface area contributed by atoms with Crippen LogP contribution >= 0.6 is 0 Å². The van der Waals surface area contributed by atoms with Gasteiger partial charge in [0.05, 0.1) is 18.3 Å². The molecule has 11 heavy (non-hydrogen) atoms. The quantitative estimate of drug-likeness (QED) is 0.634. The molecule has 0 heterocycles. The molecule has 0 aromatic carbocycles. The molecule has 0 aliphatic carbocycles. The van der Waals surface area contributed by atoms with Crippen molar-refractivity contribution in [3.8, 4) is 0 Å². The Bertz CT molecular complexity index is 133. The summed E-state index contributed by atoms with van der Waals surface area (Å²) in [6.07, 6.45) is -0.533. The first-order valence-electron chi connectivity index (χ1n) is 3.80. The van der Waals surface area contributed by atoms with Gasteiger partial charge in [-0.3, -0.25) is 0 Å². The van der Waals surface area contributed by atoms with Crippen LogP contribution in [0.3, 0.4) is 0 Å². The Kier molecular flexibility index (Phi) is 3.76. The van der Waals surface area contributed by atoms with Gasteiger partial charge in [-0.05, 0) is 33.3 Å². The molecule has 0 aromatic rings. The van der Waals surface area contributed by atoms with Crippen molar-refractivity contribution in [3.05, 3.63) is 12.2 Å². The zero-order valence-corrected chi connectivity index (χ0v) is 7.85. The van der Waals surface area contributed by atoms with Crippen molar-refractivity contribution in [1.82, 2.24) is 0 Å². The summed E-state index contributed by atoms with van der Waals surface area (Å²) in [4.78, 5) is 0. The first-order valence-corrected chi connectivity index (χ1v) is 3.80. The lowest BCUT2D eigenvalue weighted by Crippen LogP contribution is -2.26. The summed E-state index contributed by atoms with van der Waals surface area (Å²) < 4.78 is 5.34. The predicted molar refractivity (Wildman–Crippen MR) is 46.5 cm³/mol. The molecule has 1 atom stereocenters. The predicted octanol–water partition coefficient (Wildman–Crippen LogP) is 1.74. The Balaban J connectivity index is 3.63. The summed E-state index contributed by atoms with van der Waals surface area (Å²) in [6, 6.07) is 0. The van der Waals surface area contributed by atoms with E-state index < -0.39 is 6.10 Å². The minimum absolute atomic E-state index is 0.184. The molecule has 0 aromatic heterocycles. The molecule has 1 N–H and O–H groups in total. The lowest BCUT2D eigenvalue weighted by Gasteiger charge is -2.21. The molecule has 0 saturated heterocycles. The van der Waals surface area contributed by atoms with Crippen molar-refractivity contribution in [2.24, 2.45) is 0 Å². The van der Waals surface area contributed by atoms with Gasteiger partial charge in [0, 0.05) is 0 Å². The zero-order chi connectivity index (χ0) is 9.07. The topological polar surface area (TPSA) is 29.5 Å². The maximum Gasteiger partial charge on any atom is 0.0978 e. The fourth-order valence-corrected chi connectivity index (χ4v) is 0.471. The molecule has 0 radical (unpaired) electrons. The summed E-state index contributed by atoms with van der Waals surface area (Å²) in [7, 11) is 0. The summed E-state index contributed by atoms with van der Waals surface area (Å²) in [5, 5.41) is 9.27. The third-order valence-corrected chi connectivity index (χ3v) is 1.24. The van der Waals surface area contributed by atoms with Crippen molar-refractivity contribution < 1.29 is 9.84 Å². The molecule has 0 aliphatic heterocycles. The van der Waals surface area contributed by atoms with E-state index in [9.17, 15) is 5.11 Å². The molecule has 0 fully saturated rings. The van der Waals surface area contributed by atoms with Gasteiger partial charge in [0.1, 0.15) is 0 Å². The van der Waals surface area contributed by atoms with Gasteiger partial charge >= 0.3 is 0 Å². The van der Waals surface area contributed by atoms with Crippen LogP contribution in [0.15, 0.2) is 12.2 Å². The van der Waals surface area contributed by atoms with E-state index in [1.807, 2.05) is 20.8 Å². The van der Waals surface area contributed by atoms with Crippen LogP contribution < -0.4 is 0 Å². The monoisotopic (exact) mass is 158 g/mol. The molecular weight excluding hydrogens is 140 g/mol. The highest BCUT2D eigenvalue weighted by molar-refractivity contribution is 4.96. The third-order valence-electron chi connectivity index (χ3n) is 1.24. The smallest absolute Gasteiger partial charge is 0.0978 e. The number of hydrogen-bond donors (Lipinski definition) is 1. The first kappa shape index (κ1) is 10.7. The van der Waals surface area contributed by atoms with Gasteiger partial charge in [0.2, 0.25) is 0 Å². The summed E-state index contributed by atoms with van der Waals surface area (Å²) in [5.41, 5.74) is 0.561. The van der Waals surface area contributed by atoms with E-state index in [-0.39, 0.29) is 5.60 Å². The van der Waals surface area contributed by atoms with Crippen LogP contribution in [0.2, 0.25) is 0 Å². The normalized spacial score (nSPS) is 14.6. The van der Waals surface area contributed by atoms with Crippen molar-refractivity contribution >= 4 is 0 Å². The zero-order valence-electron chi connectivity index (χ0n) is 7.85. The van der Waals surface area contributed by atoms with Crippen molar-refractivity contribution in [1.29, 1.82) is 0 Å². The molecule has 0 amide bonds. The fourth-order valence-electron chi connectivity index (χ4n) is 0.471. The molecular formula is C9H18O2. The molecule has 66 valence electrons. The van der Waals surface area contributed by atoms with Crippen LogP contribution in [-0.2, 0) is 4.74 Å².